The highest BCUT2D eigenvalue weighted by Crippen LogP contribution is 2.23. The normalized spacial score (nSPS) is 12.2. The molecule has 0 unspecified atom stereocenters. The molecule has 1 heterocycles. The molecule has 0 spiro atoms. The van der Waals surface area contributed by atoms with Crippen LogP contribution in [0.4, 0.5) is 0 Å². The zero-order chi connectivity index (χ0) is 14.8. The summed E-state index contributed by atoms with van der Waals surface area (Å²) in [6, 6.07) is 10.0. The summed E-state index contributed by atoms with van der Waals surface area (Å²) in [5.74, 6) is 0. The van der Waals surface area contributed by atoms with E-state index in [1.807, 2.05) is 6.92 Å². The Hall–Kier alpha value is -2.32. The van der Waals surface area contributed by atoms with Gasteiger partial charge in [0.25, 0.3) is 5.03 Å². The monoisotopic (exact) mass is 286 g/mol. The Morgan fingerprint density at radius 2 is 1.90 bits per heavy atom. The van der Waals surface area contributed by atoms with Gasteiger partial charge in [-0.25, -0.2) is 13.3 Å². The van der Waals surface area contributed by atoms with Crippen LogP contribution < -0.4 is 0 Å². The second kappa shape index (κ2) is 5.35. The number of aromatic nitrogens is 1. The lowest BCUT2D eigenvalue weighted by Gasteiger charge is -2.04. The van der Waals surface area contributed by atoms with Gasteiger partial charge in [0, 0.05) is 18.9 Å². The van der Waals surface area contributed by atoms with Crippen molar-refractivity contribution >= 4 is 15.9 Å². The van der Waals surface area contributed by atoms with Gasteiger partial charge in [-0.3, -0.25) is 0 Å². The summed E-state index contributed by atoms with van der Waals surface area (Å²) in [7, 11) is -1.97. The second-order valence-electron chi connectivity index (χ2n) is 4.45. The van der Waals surface area contributed by atoms with Crippen molar-refractivity contribution in [2.75, 3.05) is 0 Å². The van der Waals surface area contributed by atoms with Gasteiger partial charge < -0.3 is 4.57 Å². The molecule has 20 heavy (non-hydrogen) atoms. The standard InChI is InChI=1S/C15H14N2O2S/c1-12-6-8-14(9-7-12)20(18,19)15(16-2)11-13-5-4-10-17(13)3/h4-11H,1,3H3. The van der Waals surface area contributed by atoms with E-state index in [0.29, 0.717) is 5.69 Å². The van der Waals surface area contributed by atoms with Crippen molar-refractivity contribution in [1.29, 1.82) is 0 Å². The molecule has 5 heteroatoms. The molecule has 1 aromatic carbocycles. The Labute approximate surface area is 118 Å². The Morgan fingerprint density at radius 1 is 1.25 bits per heavy atom. The molecule has 0 radical (unpaired) electrons. The molecule has 0 fully saturated rings. The van der Waals surface area contributed by atoms with Crippen LogP contribution in [-0.2, 0) is 16.9 Å². The SMILES string of the molecule is [C-]#[N+]C(=Cc1cccn1C)S(=O)(=O)c1ccc(C)cc1. The smallest absolute Gasteiger partial charge is 0.285 e. The van der Waals surface area contributed by atoms with Gasteiger partial charge in [0.1, 0.15) is 0 Å². The van der Waals surface area contributed by atoms with E-state index in [0.717, 1.165) is 5.56 Å². The van der Waals surface area contributed by atoms with Gasteiger partial charge in [0.2, 0.25) is 9.84 Å². The molecule has 2 aromatic rings. The van der Waals surface area contributed by atoms with E-state index in [1.54, 1.807) is 42.1 Å². The van der Waals surface area contributed by atoms with Crippen LogP contribution in [0.25, 0.3) is 10.9 Å². The first-order valence-electron chi connectivity index (χ1n) is 5.97. The lowest BCUT2D eigenvalue weighted by molar-refractivity contribution is 0.603. The number of rotatable bonds is 3. The second-order valence-corrected chi connectivity index (χ2v) is 6.35. The van der Waals surface area contributed by atoms with Gasteiger partial charge in [-0.2, -0.15) is 0 Å². The van der Waals surface area contributed by atoms with Gasteiger partial charge >= 0.3 is 0 Å². The average molecular weight is 286 g/mol. The van der Waals surface area contributed by atoms with E-state index in [1.165, 1.54) is 18.2 Å². The predicted octanol–water partition coefficient (Wildman–Crippen LogP) is 3.03. The third-order valence-corrected chi connectivity index (χ3v) is 4.62. The molecule has 0 saturated heterocycles. The van der Waals surface area contributed by atoms with E-state index in [4.69, 9.17) is 6.57 Å². The highest BCUT2D eigenvalue weighted by molar-refractivity contribution is 7.95. The number of nitrogens with zero attached hydrogens (tertiary/aromatic N) is 2. The van der Waals surface area contributed by atoms with Crippen molar-refractivity contribution in [1.82, 2.24) is 4.57 Å². The summed E-state index contributed by atoms with van der Waals surface area (Å²) in [4.78, 5) is 3.32. The van der Waals surface area contributed by atoms with Crippen molar-refractivity contribution in [3.8, 4) is 0 Å². The first-order valence-corrected chi connectivity index (χ1v) is 7.46. The van der Waals surface area contributed by atoms with Crippen molar-refractivity contribution in [3.05, 3.63) is 70.3 Å². The van der Waals surface area contributed by atoms with Gasteiger partial charge in [0.15, 0.2) is 0 Å². The summed E-state index contributed by atoms with van der Waals surface area (Å²) in [6.07, 6.45) is 3.19. The summed E-state index contributed by atoms with van der Waals surface area (Å²) < 4.78 is 26.6. The van der Waals surface area contributed by atoms with Crippen LogP contribution in [0.1, 0.15) is 11.3 Å². The molecule has 0 amide bonds. The fraction of sp³-hybridized carbons (Fsp3) is 0.133. The molecule has 0 N–H and O–H groups in total. The fourth-order valence-electron chi connectivity index (χ4n) is 1.76. The summed E-state index contributed by atoms with van der Waals surface area (Å²) in [6.45, 7) is 9.03. The van der Waals surface area contributed by atoms with Crippen LogP contribution in [0.3, 0.4) is 0 Å². The maximum absolute atomic E-state index is 12.4. The van der Waals surface area contributed by atoms with Crippen LogP contribution in [0, 0.1) is 13.5 Å². The van der Waals surface area contributed by atoms with Crippen molar-refractivity contribution in [2.45, 2.75) is 11.8 Å². The fourth-order valence-corrected chi connectivity index (χ4v) is 2.89. The topological polar surface area (TPSA) is 43.4 Å². The third kappa shape index (κ3) is 2.65. The molecule has 0 saturated carbocycles. The van der Waals surface area contributed by atoms with E-state index in [9.17, 15) is 8.42 Å². The number of sulfone groups is 1. The minimum absolute atomic E-state index is 0.138. The largest absolute Gasteiger partial charge is 0.352 e. The molecule has 1 aromatic heterocycles. The van der Waals surface area contributed by atoms with Crippen LogP contribution in [0.2, 0.25) is 0 Å². The molecule has 102 valence electrons. The van der Waals surface area contributed by atoms with E-state index < -0.39 is 9.84 Å². The molecule has 0 bridgehead atoms. The maximum Gasteiger partial charge on any atom is 0.285 e. The number of benzene rings is 1. The molecule has 0 atom stereocenters. The van der Waals surface area contributed by atoms with Crippen molar-refractivity contribution in [3.63, 3.8) is 0 Å². The first kappa shape index (κ1) is 14.1. The van der Waals surface area contributed by atoms with Crippen molar-refractivity contribution in [2.24, 2.45) is 7.05 Å². The van der Waals surface area contributed by atoms with Gasteiger partial charge in [0.05, 0.1) is 11.5 Å². The predicted molar refractivity (Wildman–Crippen MR) is 78.4 cm³/mol. The van der Waals surface area contributed by atoms with Crippen LogP contribution in [-0.4, -0.2) is 13.0 Å². The quantitative estimate of drug-likeness (QED) is 0.814. The Balaban J connectivity index is 2.52. The minimum Gasteiger partial charge on any atom is -0.352 e. The first-order chi connectivity index (χ1) is 9.45. The number of aryl methyl sites for hydroxylation is 2. The summed E-state index contributed by atoms with van der Waals surface area (Å²) in [5, 5.41) is -0.275. The number of hydrogen-bond donors (Lipinski definition) is 0. The molecule has 0 aliphatic carbocycles. The molecule has 2 rings (SSSR count). The van der Waals surface area contributed by atoms with Crippen molar-refractivity contribution < 1.29 is 8.42 Å². The van der Waals surface area contributed by atoms with Gasteiger partial charge in [-0.05, 0) is 37.3 Å². The van der Waals surface area contributed by atoms with Crippen LogP contribution >= 0.6 is 0 Å². The molecule has 0 aliphatic rings. The van der Waals surface area contributed by atoms with E-state index in [-0.39, 0.29) is 9.92 Å². The van der Waals surface area contributed by atoms with Crippen LogP contribution in [0.15, 0.2) is 52.5 Å². The molecule has 4 nitrogen and oxygen atoms in total. The van der Waals surface area contributed by atoms with Gasteiger partial charge in [-0.1, -0.05) is 17.7 Å². The Kier molecular flexibility index (Phi) is 3.77. The molecular formula is C15H14N2O2S. The zero-order valence-corrected chi connectivity index (χ0v) is 12.1. The maximum atomic E-state index is 12.4. The zero-order valence-electron chi connectivity index (χ0n) is 11.2. The minimum atomic E-state index is -3.77. The summed E-state index contributed by atoms with van der Waals surface area (Å²) in [5.41, 5.74) is 1.64. The average Bonchev–Trinajstić information content (AvgIpc) is 2.81. The molecular weight excluding hydrogens is 272 g/mol. The highest BCUT2D eigenvalue weighted by Gasteiger charge is 2.21. The van der Waals surface area contributed by atoms with E-state index in [2.05, 4.69) is 4.85 Å². The molecule has 0 aliphatic heterocycles. The van der Waals surface area contributed by atoms with Gasteiger partial charge in [-0.15, -0.1) is 0 Å². The number of hydrogen-bond acceptors (Lipinski definition) is 2. The summed E-state index contributed by atoms with van der Waals surface area (Å²) >= 11 is 0. The highest BCUT2D eigenvalue weighted by atomic mass is 32.2. The van der Waals surface area contributed by atoms with Crippen LogP contribution in [0.5, 0.6) is 0 Å². The van der Waals surface area contributed by atoms with E-state index >= 15 is 0 Å². The Morgan fingerprint density at radius 3 is 2.40 bits per heavy atom. The Bertz CT molecular complexity index is 791. The lowest BCUT2D eigenvalue weighted by Crippen LogP contribution is -2.03. The third-order valence-electron chi connectivity index (χ3n) is 2.97. The lowest BCUT2D eigenvalue weighted by atomic mass is 10.2.